The predicted octanol–water partition coefficient (Wildman–Crippen LogP) is 0.574. The number of aryl methyl sites for hydroxylation is 2. The number of likely N-dealkylation sites (N-methyl/N-ethyl adjacent to an activating group) is 1. The van der Waals surface area contributed by atoms with Crippen molar-refractivity contribution in [2.45, 2.75) is 40.2 Å². The van der Waals surface area contributed by atoms with E-state index >= 15 is 0 Å². The molecular formula is C22H36N5O2S+. The van der Waals surface area contributed by atoms with Crippen molar-refractivity contribution >= 4 is 34.8 Å². The van der Waals surface area contributed by atoms with E-state index in [-0.39, 0.29) is 23.9 Å². The topological polar surface area (TPSA) is 69.1 Å². The number of nitrogens with zero attached hydrogens (tertiary/aromatic N) is 2. The van der Waals surface area contributed by atoms with E-state index in [9.17, 15) is 9.59 Å². The summed E-state index contributed by atoms with van der Waals surface area (Å²) in [5.74, 6) is 0.111. The number of benzene rings is 1. The first-order valence-corrected chi connectivity index (χ1v) is 10.9. The van der Waals surface area contributed by atoms with Gasteiger partial charge in [0, 0.05) is 18.3 Å². The van der Waals surface area contributed by atoms with Crippen LogP contribution in [-0.4, -0.2) is 78.6 Å². The molecular weight excluding hydrogens is 398 g/mol. The summed E-state index contributed by atoms with van der Waals surface area (Å²) in [6, 6.07) is 6.18. The van der Waals surface area contributed by atoms with Crippen LogP contribution in [0.25, 0.3) is 0 Å². The molecule has 0 aliphatic carbocycles. The molecule has 1 aliphatic heterocycles. The Kier molecular flexibility index (Phi) is 8.20. The second kappa shape index (κ2) is 10.2. The average molecular weight is 435 g/mol. The first-order chi connectivity index (χ1) is 13.9. The number of amides is 2. The summed E-state index contributed by atoms with van der Waals surface area (Å²) in [5.41, 5.74) is 3.04. The lowest BCUT2D eigenvalue weighted by molar-refractivity contribution is -0.896. The highest BCUT2D eigenvalue weighted by molar-refractivity contribution is 7.80. The minimum atomic E-state index is -0.220. The maximum absolute atomic E-state index is 12.7. The van der Waals surface area contributed by atoms with Gasteiger partial charge < -0.3 is 25.3 Å². The maximum atomic E-state index is 12.7. The van der Waals surface area contributed by atoms with E-state index in [4.69, 9.17) is 12.2 Å². The lowest BCUT2D eigenvalue weighted by Gasteiger charge is -2.33. The molecule has 1 heterocycles. The number of thiocarbonyl (C=S) groups is 1. The van der Waals surface area contributed by atoms with Gasteiger partial charge in [-0.3, -0.25) is 9.59 Å². The van der Waals surface area contributed by atoms with Crippen molar-refractivity contribution in [2.24, 2.45) is 0 Å². The summed E-state index contributed by atoms with van der Waals surface area (Å²) in [5, 5.41) is 6.74. The Morgan fingerprint density at radius 2 is 1.70 bits per heavy atom. The highest BCUT2D eigenvalue weighted by Gasteiger charge is 2.27. The van der Waals surface area contributed by atoms with E-state index in [1.54, 1.807) is 4.90 Å². The largest absolute Gasteiger partial charge is 0.347 e. The minimum absolute atomic E-state index is 0.0554. The van der Waals surface area contributed by atoms with E-state index in [0.29, 0.717) is 24.7 Å². The standard InChI is InChI=1S/C22H35N5O2S/c1-16-11-17(2)13-18(12-16)23-21(30)25(6)15-20(29)27-9-7-26(8-10-27)14-19(28)24-22(3,4)5/h11-13H,7-10,14-15H2,1-6H3,(H,23,30)(H,24,28)/p+1. The van der Waals surface area contributed by atoms with Crippen LogP contribution in [0.5, 0.6) is 0 Å². The second-order valence-corrected chi connectivity index (χ2v) is 9.66. The molecule has 2 amide bonds. The molecule has 1 aromatic carbocycles. The molecule has 0 aromatic heterocycles. The van der Waals surface area contributed by atoms with E-state index in [2.05, 4.69) is 16.7 Å². The van der Waals surface area contributed by atoms with Gasteiger partial charge in [0.05, 0.1) is 32.7 Å². The zero-order chi connectivity index (χ0) is 22.5. The lowest BCUT2D eigenvalue weighted by atomic mass is 10.1. The van der Waals surface area contributed by atoms with E-state index in [0.717, 1.165) is 29.9 Å². The molecule has 1 fully saturated rings. The number of hydrogen-bond donors (Lipinski definition) is 3. The fourth-order valence-corrected chi connectivity index (χ4v) is 3.76. The molecule has 0 atom stereocenters. The smallest absolute Gasteiger partial charge is 0.275 e. The molecule has 7 nitrogen and oxygen atoms in total. The zero-order valence-electron chi connectivity index (χ0n) is 19.1. The third kappa shape index (κ3) is 7.91. The fraction of sp³-hybridized carbons (Fsp3) is 0.591. The number of quaternary nitrogens is 1. The second-order valence-electron chi connectivity index (χ2n) is 9.27. The van der Waals surface area contributed by atoms with Gasteiger partial charge in [-0.05, 0) is 70.1 Å². The molecule has 1 aromatic rings. The Labute approximate surface area is 185 Å². The number of piperazine rings is 1. The molecule has 166 valence electrons. The van der Waals surface area contributed by atoms with Crippen molar-refractivity contribution in [3.8, 4) is 0 Å². The first kappa shape index (κ1) is 24.1. The average Bonchev–Trinajstić information content (AvgIpc) is 2.59. The quantitative estimate of drug-likeness (QED) is 0.592. The zero-order valence-corrected chi connectivity index (χ0v) is 19.9. The summed E-state index contributed by atoms with van der Waals surface area (Å²) in [7, 11) is 1.83. The Hall–Kier alpha value is -2.19. The van der Waals surface area contributed by atoms with Crippen LogP contribution >= 0.6 is 12.2 Å². The molecule has 2 rings (SSSR count). The third-order valence-corrected chi connectivity index (χ3v) is 5.35. The predicted molar refractivity (Wildman–Crippen MR) is 125 cm³/mol. The van der Waals surface area contributed by atoms with E-state index in [1.807, 2.05) is 58.7 Å². The van der Waals surface area contributed by atoms with Crippen LogP contribution in [-0.2, 0) is 9.59 Å². The van der Waals surface area contributed by atoms with Crippen molar-refractivity contribution in [1.29, 1.82) is 0 Å². The normalized spacial score (nSPS) is 14.9. The highest BCUT2D eigenvalue weighted by Crippen LogP contribution is 2.14. The van der Waals surface area contributed by atoms with Gasteiger partial charge in [-0.15, -0.1) is 0 Å². The Morgan fingerprint density at radius 3 is 2.23 bits per heavy atom. The van der Waals surface area contributed by atoms with Crippen LogP contribution in [0.15, 0.2) is 18.2 Å². The molecule has 30 heavy (non-hydrogen) atoms. The number of carbonyl (C=O) groups excluding carboxylic acids is 2. The minimum Gasteiger partial charge on any atom is -0.347 e. The molecule has 0 unspecified atom stereocenters. The first-order valence-electron chi connectivity index (χ1n) is 10.5. The van der Waals surface area contributed by atoms with Crippen LogP contribution in [0.2, 0.25) is 0 Å². The monoisotopic (exact) mass is 434 g/mol. The van der Waals surface area contributed by atoms with Gasteiger partial charge >= 0.3 is 0 Å². The molecule has 0 radical (unpaired) electrons. The molecule has 0 bridgehead atoms. The van der Waals surface area contributed by atoms with Crippen molar-refractivity contribution in [3.05, 3.63) is 29.3 Å². The van der Waals surface area contributed by atoms with E-state index in [1.165, 1.54) is 4.90 Å². The van der Waals surface area contributed by atoms with Crippen molar-refractivity contribution in [1.82, 2.24) is 15.1 Å². The van der Waals surface area contributed by atoms with Gasteiger partial charge in [0.1, 0.15) is 0 Å². The fourth-order valence-electron chi connectivity index (χ4n) is 3.58. The summed E-state index contributed by atoms with van der Waals surface area (Å²) in [6.45, 7) is 13.6. The van der Waals surface area contributed by atoms with Gasteiger partial charge in [-0.2, -0.15) is 0 Å². The van der Waals surface area contributed by atoms with Gasteiger partial charge in [-0.25, -0.2) is 0 Å². The van der Waals surface area contributed by atoms with Crippen LogP contribution in [0, 0.1) is 13.8 Å². The van der Waals surface area contributed by atoms with Crippen LogP contribution in [0.3, 0.4) is 0 Å². The molecule has 3 N–H and O–H groups in total. The lowest BCUT2D eigenvalue weighted by Crippen LogP contribution is -3.16. The summed E-state index contributed by atoms with van der Waals surface area (Å²) in [6.07, 6.45) is 0. The SMILES string of the molecule is Cc1cc(C)cc(NC(=S)N(C)CC(=O)N2CC[NH+](CC(=O)NC(C)(C)C)CC2)c1. The van der Waals surface area contributed by atoms with Gasteiger partial charge in [0.25, 0.3) is 5.91 Å². The Balaban J connectivity index is 1.78. The molecule has 0 spiro atoms. The van der Waals surface area contributed by atoms with Crippen molar-refractivity contribution in [3.63, 3.8) is 0 Å². The van der Waals surface area contributed by atoms with E-state index < -0.39 is 0 Å². The van der Waals surface area contributed by atoms with Gasteiger partial charge in [-0.1, -0.05) is 6.07 Å². The van der Waals surface area contributed by atoms with Gasteiger partial charge in [0.2, 0.25) is 5.91 Å². The number of hydrogen-bond acceptors (Lipinski definition) is 3. The highest BCUT2D eigenvalue weighted by atomic mass is 32.1. The molecule has 8 heteroatoms. The number of nitrogens with one attached hydrogen (secondary N) is 3. The Bertz CT molecular complexity index is 762. The molecule has 1 saturated heterocycles. The molecule has 1 aliphatic rings. The Morgan fingerprint density at radius 1 is 1.13 bits per heavy atom. The van der Waals surface area contributed by atoms with Crippen molar-refractivity contribution in [2.75, 3.05) is 51.6 Å². The van der Waals surface area contributed by atoms with Crippen LogP contribution in [0.1, 0.15) is 31.9 Å². The number of carbonyl (C=O) groups is 2. The van der Waals surface area contributed by atoms with Crippen molar-refractivity contribution < 1.29 is 14.5 Å². The summed E-state index contributed by atoms with van der Waals surface area (Å²) >= 11 is 5.47. The number of rotatable bonds is 5. The maximum Gasteiger partial charge on any atom is 0.275 e. The number of anilines is 1. The van der Waals surface area contributed by atoms with Crippen LogP contribution < -0.4 is 15.5 Å². The summed E-state index contributed by atoms with van der Waals surface area (Å²) < 4.78 is 0. The van der Waals surface area contributed by atoms with Gasteiger partial charge in [0.15, 0.2) is 11.7 Å². The summed E-state index contributed by atoms with van der Waals surface area (Å²) in [4.78, 5) is 29.7. The van der Waals surface area contributed by atoms with Crippen LogP contribution in [0.4, 0.5) is 5.69 Å². The molecule has 0 saturated carbocycles. The third-order valence-electron chi connectivity index (χ3n) is 4.94.